The molecule has 1 aliphatic rings. The molecule has 0 unspecified atom stereocenters. The molecule has 120 valence electrons. The highest BCUT2D eigenvalue weighted by molar-refractivity contribution is 7.80. The molecule has 1 amide bonds. The molecule has 5 heteroatoms. The van der Waals surface area contributed by atoms with Crippen LogP contribution in [0.4, 0.5) is 5.69 Å². The van der Waals surface area contributed by atoms with Crippen molar-refractivity contribution in [3.8, 4) is 0 Å². The van der Waals surface area contributed by atoms with Gasteiger partial charge in [0.1, 0.15) is 0 Å². The predicted molar refractivity (Wildman–Crippen MR) is 95.1 cm³/mol. The molecule has 0 bridgehead atoms. The van der Waals surface area contributed by atoms with Gasteiger partial charge in [-0.1, -0.05) is 18.6 Å². The van der Waals surface area contributed by atoms with E-state index in [0.717, 1.165) is 44.6 Å². The molecule has 0 aliphatic carbocycles. The summed E-state index contributed by atoms with van der Waals surface area (Å²) < 4.78 is 0. The Morgan fingerprint density at radius 2 is 2.18 bits per heavy atom. The minimum Gasteiger partial charge on any atom is -0.362 e. The zero-order valence-electron chi connectivity index (χ0n) is 13.2. The molecule has 1 aromatic rings. The third-order valence-corrected chi connectivity index (χ3v) is 4.08. The Labute approximate surface area is 138 Å². The summed E-state index contributed by atoms with van der Waals surface area (Å²) >= 11 is 5.29. The maximum atomic E-state index is 11.9. The van der Waals surface area contributed by atoms with Gasteiger partial charge in [0.15, 0.2) is 5.11 Å². The van der Waals surface area contributed by atoms with E-state index in [2.05, 4.69) is 29.7 Å². The Kier molecular flexibility index (Phi) is 6.65. The van der Waals surface area contributed by atoms with Gasteiger partial charge < -0.3 is 15.5 Å². The summed E-state index contributed by atoms with van der Waals surface area (Å²) in [6.07, 6.45) is 4.97. The van der Waals surface area contributed by atoms with Crippen LogP contribution in [0.25, 0.3) is 0 Å². The number of anilines is 1. The standard InChI is InChI=1S/C17H25N3OS/c1-14-7-5-8-15(13-14)19-17(22)18-10-6-12-20-11-4-2-3-9-16(20)21/h5,7-8,13H,2-4,6,9-12H2,1H3,(H2,18,19,22). The lowest BCUT2D eigenvalue weighted by Gasteiger charge is -2.20. The van der Waals surface area contributed by atoms with Crippen molar-refractivity contribution in [3.63, 3.8) is 0 Å². The van der Waals surface area contributed by atoms with Crippen molar-refractivity contribution < 1.29 is 4.79 Å². The molecule has 1 aliphatic heterocycles. The molecular formula is C17H25N3OS. The van der Waals surface area contributed by atoms with Crippen molar-refractivity contribution >= 4 is 28.9 Å². The van der Waals surface area contributed by atoms with Gasteiger partial charge in [-0.25, -0.2) is 0 Å². The van der Waals surface area contributed by atoms with Gasteiger partial charge in [-0.2, -0.15) is 0 Å². The number of hydrogen-bond donors (Lipinski definition) is 2. The van der Waals surface area contributed by atoms with Crippen molar-refractivity contribution in [2.45, 2.75) is 39.0 Å². The topological polar surface area (TPSA) is 44.4 Å². The SMILES string of the molecule is Cc1cccc(NC(=S)NCCCN2CCCCCC2=O)c1. The maximum Gasteiger partial charge on any atom is 0.222 e. The monoisotopic (exact) mass is 319 g/mol. The quantitative estimate of drug-likeness (QED) is 0.647. The summed E-state index contributed by atoms with van der Waals surface area (Å²) in [5.41, 5.74) is 2.20. The largest absolute Gasteiger partial charge is 0.362 e. The van der Waals surface area contributed by atoms with E-state index in [-0.39, 0.29) is 0 Å². The second-order valence-corrected chi connectivity index (χ2v) is 6.20. The fraction of sp³-hybridized carbons (Fsp3) is 0.529. The Hall–Kier alpha value is -1.62. The van der Waals surface area contributed by atoms with Crippen molar-refractivity contribution in [1.82, 2.24) is 10.2 Å². The van der Waals surface area contributed by atoms with Crippen molar-refractivity contribution in [2.75, 3.05) is 25.0 Å². The number of benzene rings is 1. The molecular weight excluding hydrogens is 294 g/mol. The lowest BCUT2D eigenvalue weighted by molar-refractivity contribution is -0.130. The summed E-state index contributed by atoms with van der Waals surface area (Å²) in [5, 5.41) is 7.01. The molecule has 0 saturated carbocycles. The highest BCUT2D eigenvalue weighted by Crippen LogP contribution is 2.11. The Balaban J connectivity index is 1.65. The molecule has 1 heterocycles. The highest BCUT2D eigenvalue weighted by Gasteiger charge is 2.15. The molecule has 0 radical (unpaired) electrons. The molecule has 1 fully saturated rings. The van der Waals surface area contributed by atoms with Crippen LogP contribution >= 0.6 is 12.2 Å². The number of amides is 1. The molecule has 0 spiro atoms. The molecule has 2 N–H and O–H groups in total. The Morgan fingerprint density at radius 3 is 3.00 bits per heavy atom. The number of nitrogens with zero attached hydrogens (tertiary/aromatic N) is 1. The van der Waals surface area contributed by atoms with Gasteiger partial charge >= 0.3 is 0 Å². The van der Waals surface area contributed by atoms with Gasteiger partial charge in [0.25, 0.3) is 0 Å². The number of thiocarbonyl (C=S) groups is 1. The van der Waals surface area contributed by atoms with Crippen molar-refractivity contribution in [3.05, 3.63) is 29.8 Å². The van der Waals surface area contributed by atoms with Crippen LogP contribution in [-0.2, 0) is 4.79 Å². The van der Waals surface area contributed by atoms with E-state index in [1.807, 2.05) is 17.0 Å². The van der Waals surface area contributed by atoms with E-state index in [1.54, 1.807) is 0 Å². The van der Waals surface area contributed by atoms with Gasteiger partial charge in [-0.3, -0.25) is 4.79 Å². The lowest BCUT2D eigenvalue weighted by atomic mass is 10.2. The molecule has 22 heavy (non-hydrogen) atoms. The minimum atomic E-state index is 0.304. The van der Waals surface area contributed by atoms with Crippen LogP contribution in [0.2, 0.25) is 0 Å². The van der Waals surface area contributed by atoms with Crippen LogP contribution < -0.4 is 10.6 Å². The van der Waals surface area contributed by atoms with E-state index >= 15 is 0 Å². The first kappa shape index (κ1) is 16.7. The van der Waals surface area contributed by atoms with Crippen LogP contribution in [-0.4, -0.2) is 35.6 Å². The molecule has 4 nitrogen and oxygen atoms in total. The fourth-order valence-corrected chi connectivity index (χ4v) is 2.86. The van der Waals surface area contributed by atoms with E-state index in [4.69, 9.17) is 12.2 Å². The zero-order chi connectivity index (χ0) is 15.8. The minimum absolute atomic E-state index is 0.304. The molecule has 2 rings (SSSR count). The number of hydrogen-bond acceptors (Lipinski definition) is 2. The van der Waals surface area contributed by atoms with E-state index in [0.29, 0.717) is 17.4 Å². The molecule has 1 saturated heterocycles. The second-order valence-electron chi connectivity index (χ2n) is 5.80. The molecule has 1 aromatic carbocycles. The number of aryl methyl sites for hydroxylation is 1. The van der Waals surface area contributed by atoms with Crippen LogP contribution in [0.15, 0.2) is 24.3 Å². The smallest absolute Gasteiger partial charge is 0.222 e. The van der Waals surface area contributed by atoms with Gasteiger partial charge in [-0.05, 0) is 56.1 Å². The average Bonchev–Trinajstić information content (AvgIpc) is 2.68. The van der Waals surface area contributed by atoms with E-state index in [9.17, 15) is 4.79 Å². The summed E-state index contributed by atoms with van der Waals surface area (Å²) in [5.74, 6) is 0.304. The zero-order valence-corrected chi connectivity index (χ0v) is 14.0. The first-order valence-electron chi connectivity index (χ1n) is 8.04. The predicted octanol–water partition coefficient (Wildman–Crippen LogP) is 3.07. The van der Waals surface area contributed by atoms with Crippen LogP contribution in [0.5, 0.6) is 0 Å². The number of carbonyl (C=O) groups is 1. The first-order chi connectivity index (χ1) is 10.6. The Bertz CT molecular complexity index is 518. The fourth-order valence-electron chi connectivity index (χ4n) is 2.64. The number of rotatable bonds is 5. The van der Waals surface area contributed by atoms with E-state index < -0.39 is 0 Å². The van der Waals surface area contributed by atoms with Gasteiger partial charge in [-0.15, -0.1) is 0 Å². The highest BCUT2D eigenvalue weighted by atomic mass is 32.1. The third-order valence-electron chi connectivity index (χ3n) is 3.84. The second kappa shape index (κ2) is 8.73. The van der Waals surface area contributed by atoms with Crippen LogP contribution in [0, 0.1) is 6.92 Å². The van der Waals surface area contributed by atoms with Crippen LogP contribution in [0.3, 0.4) is 0 Å². The first-order valence-corrected chi connectivity index (χ1v) is 8.45. The Morgan fingerprint density at radius 1 is 1.32 bits per heavy atom. The third kappa shape index (κ3) is 5.64. The summed E-state index contributed by atoms with van der Waals surface area (Å²) in [6.45, 7) is 4.56. The molecule has 0 atom stereocenters. The van der Waals surface area contributed by atoms with Crippen LogP contribution in [0.1, 0.15) is 37.7 Å². The van der Waals surface area contributed by atoms with Gasteiger partial charge in [0.2, 0.25) is 5.91 Å². The van der Waals surface area contributed by atoms with Gasteiger partial charge in [0, 0.05) is 31.7 Å². The number of likely N-dealkylation sites (tertiary alicyclic amines) is 1. The lowest BCUT2D eigenvalue weighted by Crippen LogP contribution is -2.35. The number of carbonyl (C=O) groups excluding carboxylic acids is 1. The summed E-state index contributed by atoms with van der Waals surface area (Å²) in [4.78, 5) is 13.9. The maximum absolute atomic E-state index is 11.9. The summed E-state index contributed by atoms with van der Waals surface area (Å²) in [6, 6.07) is 8.12. The normalized spacial score (nSPS) is 15.3. The average molecular weight is 319 g/mol. The van der Waals surface area contributed by atoms with Crippen molar-refractivity contribution in [2.24, 2.45) is 0 Å². The van der Waals surface area contributed by atoms with Gasteiger partial charge in [0.05, 0.1) is 0 Å². The van der Waals surface area contributed by atoms with E-state index in [1.165, 1.54) is 12.0 Å². The number of nitrogens with one attached hydrogen (secondary N) is 2. The van der Waals surface area contributed by atoms with Crippen molar-refractivity contribution in [1.29, 1.82) is 0 Å². The molecule has 0 aromatic heterocycles. The summed E-state index contributed by atoms with van der Waals surface area (Å²) in [7, 11) is 0.